The van der Waals surface area contributed by atoms with Crippen LogP contribution in [0.5, 0.6) is 0 Å². The van der Waals surface area contributed by atoms with Crippen molar-refractivity contribution in [1.29, 1.82) is 0 Å². The standard InChI is InChI=1S/C16H18N4O4S2/c1-2-24-13(22)6-11-8-25-15(18-11)19-12(21)5-10-7-26-16(17-10)20-14(23)9-3-4-9/h7-9H,2-6H2,1H3,(H,17,20,23)(H,18,19,21). The van der Waals surface area contributed by atoms with Crippen LogP contribution in [0.25, 0.3) is 0 Å². The number of nitrogens with one attached hydrogen (secondary N) is 2. The molecule has 26 heavy (non-hydrogen) atoms. The van der Waals surface area contributed by atoms with Gasteiger partial charge in [-0.3, -0.25) is 14.4 Å². The Balaban J connectivity index is 1.48. The van der Waals surface area contributed by atoms with E-state index in [2.05, 4.69) is 20.6 Å². The van der Waals surface area contributed by atoms with Crippen LogP contribution in [-0.2, 0) is 32.0 Å². The molecule has 0 unspecified atom stereocenters. The zero-order valence-corrected chi connectivity index (χ0v) is 15.7. The number of aromatic nitrogens is 2. The number of hydrogen-bond donors (Lipinski definition) is 2. The van der Waals surface area contributed by atoms with E-state index in [9.17, 15) is 14.4 Å². The molecule has 0 aromatic carbocycles. The van der Waals surface area contributed by atoms with Crippen molar-refractivity contribution >= 4 is 50.7 Å². The Labute approximate surface area is 158 Å². The average molecular weight is 394 g/mol. The quantitative estimate of drug-likeness (QED) is 0.665. The summed E-state index contributed by atoms with van der Waals surface area (Å²) >= 11 is 2.55. The Bertz CT molecular complexity index is 813. The van der Waals surface area contributed by atoms with Gasteiger partial charge in [0, 0.05) is 16.7 Å². The van der Waals surface area contributed by atoms with Crippen molar-refractivity contribution < 1.29 is 19.1 Å². The molecule has 2 heterocycles. The molecule has 1 aliphatic rings. The Morgan fingerprint density at radius 1 is 1.08 bits per heavy atom. The second-order valence-electron chi connectivity index (χ2n) is 5.76. The second-order valence-corrected chi connectivity index (χ2v) is 7.47. The van der Waals surface area contributed by atoms with Crippen molar-refractivity contribution in [2.45, 2.75) is 32.6 Å². The molecule has 2 N–H and O–H groups in total. The summed E-state index contributed by atoms with van der Waals surface area (Å²) in [6.45, 7) is 2.06. The lowest BCUT2D eigenvalue weighted by atomic mass is 10.3. The molecule has 2 amide bonds. The summed E-state index contributed by atoms with van der Waals surface area (Å²) in [7, 11) is 0. The van der Waals surface area contributed by atoms with Crippen molar-refractivity contribution in [2.24, 2.45) is 5.92 Å². The van der Waals surface area contributed by atoms with Crippen molar-refractivity contribution in [2.75, 3.05) is 17.2 Å². The highest BCUT2D eigenvalue weighted by atomic mass is 32.1. The Kier molecular flexibility index (Phi) is 5.94. The van der Waals surface area contributed by atoms with Crippen LogP contribution >= 0.6 is 22.7 Å². The normalized spacial score (nSPS) is 13.3. The first-order valence-corrected chi connectivity index (χ1v) is 9.94. The number of esters is 1. The third kappa shape index (κ3) is 5.33. The van der Waals surface area contributed by atoms with E-state index in [1.54, 1.807) is 17.7 Å². The van der Waals surface area contributed by atoms with Gasteiger partial charge in [-0.1, -0.05) is 0 Å². The number of amides is 2. The topological polar surface area (TPSA) is 110 Å². The molecule has 1 aliphatic carbocycles. The maximum Gasteiger partial charge on any atom is 0.311 e. The minimum Gasteiger partial charge on any atom is -0.466 e. The van der Waals surface area contributed by atoms with Crippen molar-refractivity contribution in [3.63, 3.8) is 0 Å². The third-order valence-electron chi connectivity index (χ3n) is 3.50. The van der Waals surface area contributed by atoms with Crippen LogP contribution in [0.2, 0.25) is 0 Å². The zero-order valence-electron chi connectivity index (χ0n) is 14.1. The highest BCUT2D eigenvalue weighted by Crippen LogP contribution is 2.30. The van der Waals surface area contributed by atoms with E-state index in [4.69, 9.17) is 4.74 Å². The van der Waals surface area contributed by atoms with Gasteiger partial charge in [0.2, 0.25) is 11.8 Å². The number of carbonyl (C=O) groups is 3. The van der Waals surface area contributed by atoms with E-state index >= 15 is 0 Å². The lowest BCUT2D eigenvalue weighted by molar-refractivity contribution is -0.142. The van der Waals surface area contributed by atoms with Gasteiger partial charge < -0.3 is 15.4 Å². The number of hydrogen-bond acceptors (Lipinski definition) is 8. The van der Waals surface area contributed by atoms with Gasteiger partial charge in [-0.15, -0.1) is 22.7 Å². The van der Waals surface area contributed by atoms with E-state index in [1.165, 1.54) is 22.7 Å². The van der Waals surface area contributed by atoms with Crippen LogP contribution in [0.15, 0.2) is 10.8 Å². The van der Waals surface area contributed by atoms with Crippen LogP contribution in [0, 0.1) is 5.92 Å². The van der Waals surface area contributed by atoms with Gasteiger partial charge in [0.25, 0.3) is 0 Å². The summed E-state index contributed by atoms with van der Waals surface area (Å²) in [5, 5.41) is 9.84. The molecular weight excluding hydrogens is 376 g/mol. The maximum absolute atomic E-state index is 12.1. The zero-order chi connectivity index (χ0) is 18.5. The lowest BCUT2D eigenvalue weighted by Gasteiger charge is -2.00. The fourth-order valence-corrected chi connectivity index (χ4v) is 3.57. The van der Waals surface area contributed by atoms with E-state index in [1.807, 2.05) is 0 Å². The first-order valence-electron chi connectivity index (χ1n) is 8.18. The lowest BCUT2D eigenvalue weighted by Crippen LogP contribution is -2.15. The summed E-state index contributed by atoms with van der Waals surface area (Å²) in [6, 6.07) is 0. The van der Waals surface area contributed by atoms with Gasteiger partial charge >= 0.3 is 5.97 Å². The third-order valence-corrected chi connectivity index (χ3v) is 5.11. The Hall–Kier alpha value is -2.33. The van der Waals surface area contributed by atoms with E-state index in [0.717, 1.165) is 12.8 Å². The molecule has 0 bridgehead atoms. The molecule has 138 valence electrons. The summed E-state index contributed by atoms with van der Waals surface area (Å²) in [4.78, 5) is 43.7. The van der Waals surface area contributed by atoms with Gasteiger partial charge in [0.15, 0.2) is 10.3 Å². The summed E-state index contributed by atoms with van der Waals surface area (Å²) in [5.41, 5.74) is 1.14. The molecule has 2 aromatic rings. The minimum absolute atomic E-state index is 0.00716. The molecule has 1 saturated carbocycles. The summed E-state index contributed by atoms with van der Waals surface area (Å²) in [5.74, 6) is -0.502. The molecular formula is C16H18N4O4S2. The Morgan fingerprint density at radius 2 is 1.69 bits per heavy atom. The fourth-order valence-electron chi connectivity index (χ4n) is 2.13. The van der Waals surface area contributed by atoms with Crippen LogP contribution in [0.3, 0.4) is 0 Å². The smallest absolute Gasteiger partial charge is 0.311 e. The van der Waals surface area contributed by atoms with Crippen molar-refractivity contribution in [1.82, 2.24) is 9.97 Å². The van der Waals surface area contributed by atoms with E-state index in [0.29, 0.717) is 28.3 Å². The molecule has 10 heteroatoms. The SMILES string of the molecule is CCOC(=O)Cc1csc(NC(=O)Cc2csc(NC(=O)C3CC3)n2)n1. The predicted molar refractivity (Wildman–Crippen MR) is 98.3 cm³/mol. The predicted octanol–water partition coefficient (Wildman–Crippen LogP) is 2.23. The minimum atomic E-state index is -0.348. The first-order chi connectivity index (χ1) is 12.5. The van der Waals surface area contributed by atoms with Gasteiger partial charge in [-0.05, 0) is 19.8 Å². The summed E-state index contributed by atoms with van der Waals surface area (Å²) < 4.78 is 4.86. The van der Waals surface area contributed by atoms with Crippen LogP contribution in [-0.4, -0.2) is 34.4 Å². The van der Waals surface area contributed by atoms with E-state index in [-0.39, 0.29) is 36.5 Å². The summed E-state index contributed by atoms with van der Waals surface area (Å²) in [6.07, 6.45) is 2.02. The number of anilines is 2. The number of carbonyl (C=O) groups excluding carboxylic acids is 3. The first kappa shape index (κ1) is 18.5. The van der Waals surface area contributed by atoms with Crippen LogP contribution in [0.4, 0.5) is 10.3 Å². The molecule has 8 nitrogen and oxygen atoms in total. The number of nitrogens with zero attached hydrogens (tertiary/aromatic N) is 2. The molecule has 0 spiro atoms. The Morgan fingerprint density at radius 3 is 2.31 bits per heavy atom. The molecule has 0 atom stereocenters. The van der Waals surface area contributed by atoms with Crippen molar-refractivity contribution in [3.05, 3.63) is 22.1 Å². The van der Waals surface area contributed by atoms with Crippen LogP contribution < -0.4 is 10.6 Å². The highest BCUT2D eigenvalue weighted by molar-refractivity contribution is 7.14. The molecule has 0 radical (unpaired) electrons. The second kappa shape index (κ2) is 8.37. The molecule has 0 saturated heterocycles. The molecule has 1 fully saturated rings. The molecule has 2 aromatic heterocycles. The highest BCUT2D eigenvalue weighted by Gasteiger charge is 2.30. The molecule has 0 aliphatic heterocycles. The van der Waals surface area contributed by atoms with Gasteiger partial charge in [0.05, 0.1) is 30.8 Å². The number of ether oxygens (including phenoxy) is 1. The van der Waals surface area contributed by atoms with Gasteiger partial charge in [-0.2, -0.15) is 0 Å². The van der Waals surface area contributed by atoms with Gasteiger partial charge in [0.1, 0.15) is 0 Å². The van der Waals surface area contributed by atoms with Crippen molar-refractivity contribution in [3.8, 4) is 0 Å². The maximum atomic E-state index is 12.1. The largest absolute Gasteiger partial charge is 0.466 e. The van der Waals surface area contributed by atoms with Gasteiger partial charge in [-0.25, -0.2) is 9.97 Å². The number of rotatable bonds is 8. The average Bonchev–Trinajstić information content (AvgIpc) is 3.22. The molecule has 3 rings (SSSR count). The fraction of sp³-hybridized carbons (Fsp3) is 0.438. The van der Waals surface area contributed by atoms with Crippen LogP contribution in [0.1, 0.15) is 31.2 Å². The van der Waals surface area contributed by atoms with E-state index < -0.39 is 0 Å². The number of thiazole rings is 2. The monoisotopic (exact) mass is 394 g/mol.